The first-order chi connectivity index (χ1) is 5.20. The minimum Gasteiger partial charge on any atom is -0.672 e. The average molecular weight is 303 g/mol. The summed E-state index contributed by atoms with van der Waals surface area (Å²) in [5.41, 5.74) is 0. The average Bonchev–Trinajstić information content (AvgIpc) is 1.54. The fraction of sp³-hybridized carbons (Fsp3) is 0. The van der Waals surface area contributed by atoms with E-state index in [-0.39, 0.29) is 70.0 Å². The van der Waals surface area contributed by atoms with Gasteiger partial charge in [0.1, 0.15) is 0 Å². The number of hydrogen-bond acceptors (Lipinski definition) is 9. The van der Waals surface area contributed by atoms with Gasteiger partial charge in [-0.3, -0.25) is 0 Å². The van der Waals surface area contributed by atoms with Gasteiger partial charge < -0.3 is 42.2 Å². The van der Waals surface area contributed by atoms with Crippen molar-refractivity contribution in [1.82, 2.24) is 0 Å². The second-order valence-electron chi connectivity index (χ2n) is 0.750. The summed E-state index contributed by atoms with van der Waals surface area (Å²) in [5.74, 6) is 0. The standard InChI is InChI=1S/Al.Mg.Na.3O3Si/c;;;3*1-4(2)3/q+3;+2;+1;3*-2. The predicted molar refractivity (Wildman–Crippen MR) is 30.8 cm³/mol. The second kappa shape index (κ2) is 29.4. The maximum Gasteiger partial charge on any atom is 3.00 e. The fourth-order valence-corrected chi connectivity index (χ4v) is 0. The molecule has 0 aliphatic rings. The molecule has 0 aromatic rings. The molecule has 0 rings (SSSR count). The zero-order chi connectivity index (χ0) is 10.7. The van der Waals surface area contributed by atoms with Crippen LogP contribution in [0.15, 0.2) is 0 Å². The van der Waals surface area contributed by atoms with Crippen LogP contribution in [0.25, 0.3) is 0 Å². The van der Waals surface area contributed by atoms with E-state index in [2.05, 4.69) is 0 Å². The molecule has 15 heteroatoms. The molecule has 0 aliphatic heterocycles. The Balaban J connectivity index is -0.0000000184. The molecule has 0 aromatic carbocycles. The molecule has 0 fully saturated rings. The number of rotatable bonds is 0. The third-order valence-corrected chi connectivity index (χ3v) is 0. The van der Waals surface area contributed by atoms with Gasteiger partial charge in [-0.1, -0.05) is 0 Å². The van der Waals surface area contributed by atoms with Gasteiger partial charge in [0.25, 0.3) is 0 Å². The molecular weight excluding hydrogens is 303 g/mol. The SMILES string of the molecule is O=[Si]([O-])[O-].O=[Si]([O-])[O-].O=[Si]([O-])[O-].[Al+3].[Mg+2].[Na+]. The summed E-state index contributed by atoms with van der Waals surface area (Å²) in [6, 6.07) is 0. The molecule has 0 aromatic heterocycles. The van der Waals surface area contributed by atoms with Crippen molar-refractivity contribution in [3.63, 3.8) is 0 Å². The molecule has 9 nitrogen and oxygen atoms in total. The van der Waals surface area contributed by atoms with Gasteiger partial charge in [0.15, 0.2) is 0 Å². The normalized spacial score (nSPS) is 4.80. The third-order valence-electron chi connectivity index (χ3n) is 0. The Kier molecular flexibility index (Phi) is 70.6. The molecule has 0 amide bonds. The Morgan fingerprint density at radius 1 is 0.600 bits per heavy atom. The van der Waals surface area contributed by atoms with Crippen LogP contribution in [-0.4, -0.2) is 67.9 Å². The number of hydrogen-bond donors (Lipinski definition) is 0. The molecule has 0 bridgehead atoms. The molecule has 0 radical (unpaired) electrons. The van der Waals surface area contributed by atoms with Crippen molar-refractivity contribution in [2.75, 3.05) is 0 Å². The van der Waals surface area contributed by atoms with Crippen molar-refractivity contribution in [2.45, 2.75) is 0 Å². The zero-order valence-electron chi connectivity index (χ0n) is 7.46. The first kappa shape index (κ1) is 36.0. The van der Waals surface area contributed by atoms with Gasteiger partial charge in [-0.05, 0) is 0 Å². The summed E-state index contributed by atoms with van der Waals surface area (Å²) >= 11 is 0. The van der Waals surface area contributed by atoms with E-state index in [4.69, 9.17) is 42.2 Å². The zero-order valence-corrected chi connectivity index (χ0v) is 15.0. The monoisotopic (exact) mass is 302 g/mol. The van der Waals surface area contributed by atoms with Gasteiger partial charge in [0.2, 0.25) is 0 Å². The first-order valence-corrected chi connectivity index (χ1v) is 5.51. The van der Waals surface area contributed by atoms with Crippen molar-refractivity contribution in [3.05, 3.63) is 0 Å². The summed E-state index contributed by atoms with van der Waals surface area (Å²) in [5, 5.41) is 0. The van der Waals surface area contributed by atoms with Crippen LogP contribution in [-0.2, 0) is 13.4 Å². The summed E-state index contributed by atoms with van der Waals surface area (Å²) in [6.45, 7) is 0. The minimum atomic E-state index is -3.63. The first-order valence-electron chi connectivity index (χ1n) is 1.84. The molecule has 0 aliphatic carbocycles. The molecule has 15 heavy (non-hydrogen) atoms. The molecule has 0 spiro atoms. The Bertz CT molecular complexity index is 123. The summed E-state index contributed by atoms with van der Waals surface area (Å²) in [6.07, 6.45) is 0. The van der Waals surface area contributed by atoms with Crippen LogP contribution in [0.2, 0.25) is 0 Å². The van der Waals surface area contributed by atoms with Gasteiger partial charge in [-0.15, -0.1) is 0 Å². The largest absolute Gasteiger partial charge is 3.00 e. The Hall–Kier alpha value is 1.15. The van der Waals surface area contributed by atoms with Crippen LogP contribution in [0.5, 0.6) is 0 Å². The van der Waals surface area contributed by atoms with Crippen molar-refractivity contribution < 1.29 is 71.7 Å². The molecule has 0 heterocycles. The summed E-state index contributed by atoms with van der Waals surface area (Å²) in [4.78, 5) is 51.1. The Morgan fingerprint density at radius 2 is 0.600 bits per heavy atom. The maximum absolute atomic E-state index is 8.52. The quantitative estimate of drug-likeness (QED) is 0.391. The van der Waals surface area contributed by atoms with Crippen LogP contribution < -0.4 is 58.3 Å². The minimum absolute atomic E-state index is 0. The van der Waals surface area contributed by atoms with E-state index in [1.54, 1.807) is 0 Å². The summed E-state index contributed by atoms with van der Waals surface area (Å²) < 4.78 is 25.6. The van der Waals surface area contributed by atoms with Crippen LogP contribution in [0.3, 0.4) is 0 Å². The van der Waals surface area contributed by atoms with Crippen LogP contribution in [0, 0.1) is 0 Å². The van der Waals surface area contributed by atoms with Crippen molar-refractivity contribution in [1.29, 1.82) is 0 Å². The van der Waals surface area contributed by atoms with Crippen molar-refractivity contribution in [3.8, 4) is 0 Å². The topological polar surface area (TPSA) is 190 Å². The molecule has 0 atom stereocenters. The molecule has 0 unspecified atom stereocenters. The second-order valence-corrected chi connectivity index (χ2v) is 2.25. The smallest absolute Gasteiger partial charge is 0.672 e. The molecule has 72 valence electrons. The van der Waals surface area contributed by atoms with Crippen LogP contribution in [0.1, 0.15) is 0 Å². The molecule has 0 saturated heterocycles. The van der Waals surface area contributed by atoms with E-state index in [0.29, 0.717) is 0 Å². The molecule has 0 saturated carbocycles. The maximum atomic E-state index is 8.52. The van der Waals surface area contributed by atoms with E-state index in [9.17, 15) is 0 Å². The molecule has 0 N–H and O–H groups in total. The predicted octanol–water partition coefficient (Wildman–Crippen LogP) is -12.4. The van der Waals surface area contributed by atoms with Crippen LogP contribution >= 0.6 is 0 Å². The van der Waals surface area contributed by atoms with E-state index >= 15 is 0 Å². The van der Waals surface area contributed by atoms with E-state index < -0.39 is 27.5 Å². The van der Waals surface area contributed by atoms with E-state index in [0.717, 1.165) is 0 Å². The van der Waals surface area contributed by atoms with Crippen molar-refractivity contribution >= 4 is 67.9 Å². The Morgan fingerprint density at radius 3 is 0.600 bits per heavy atom. The van der Waals surface area contributed by atoms with E-state index in [1.807, 2.05) is 0 Å². The molecular formula is AlMgNaO9Si3. The van der Waals surface area contributed by atoms with Gasteiger partial charge in [0.05, 0.1) is 0 Å². The van der Waals surface area contributed by atoms with Gasteiger partial charge in [-0.25, -0.2) is 0 Å². The Labute approximate surface area is 138 Å². The van der Waals surface area contributed by atoms with Gasteiger partial charge in [0, 0.05) is 27.5 Å². The van der Waals surface area contributed by atoms with Gasteiger partial charge in [-0.2, -0.15) is 0 Å². The van der Waals surface area contributed by atoms with Crippen LogP contribution in [0.4, 0.5) is 0 Å². The van der Waals surface area contributed by atoms with Crippen molar-refractivity contribution in [2.24, 2.45) is 0 Å². The third kappa shape index (κ3) is 1980. The van der Waals surface area contributed by atoms with Gasteiger partial charge >= 0.3 is 70.0 Å². The fourth-order valence-electron chi connectivity index (χ4n) is 0. The summed E-state index contributed by atoms with van der Waals surface area (Å²) in [7, 11) is -10.9. The van der Waals surface area contributed by atoms with E-state index in [1.165, 1.54) is 0 Å².